The second-order valence-corrected chi connectivity index (χ2v) is 6.62. The second-order valence-electron chi connectivity index (χ2n) is 5.50. The zero-order valence-corrected chi connectivity index (χ0v) is 13.3. The van der Waals surface area contributed by atoms with E-state index >= 15 is 0 Å². The number of fused-ring (bicyclic) bond motifs is 1. The van der Waals surface area contributed by atoms with Gasteiger partial charge in [0.15, 0.2) is 0 Å². The molecule has 3 nitrogen and oxygen atoms in total. The van der Waals surface area contributed by atoms with E-state index in [4.69, 9.17) is 9.97 Å². The Bertz CT molecular complexity index is 583. The van der Waals surface area contributed by atoms with Gasteiger partial charge in [0.25, 0.3) is 0 Å². The van der Waals surface area contributed by atoms with E-state index in [0.29, 0.717) is 0 Å². The van der Waals surface area contributed by atoms with Crippen molar-refractivity contribution >= 4 is 27.4 Å². The Balaban J connectivity index is 2.08. The lowest BCUT2D eigenvalue weighted by Gasteiger charge is -2.22. The Kier molecular flexibility index (Phi) is 4.20. The molecule has 1 aliphatic heterocycles. The number of hydrogen-bond donors (Lipinski definition) is 0. The molecule has 0 bridgehead atoms. The van der Waals surface area contributed by atoms with Crippen LogP contribution in [0.4, 0.5) is 5.82 Å². The summed E-state index contributed by atoms with van der Waals surface area (Å²) in [6, 6.07) is 2.31. The van der Waals surface area contributed by atoms with Gasteiger partial charge in [-0.25, -0.2) is 9.97 Å². The molecule has 0 N–H and O–H groups in total. The van der Waals surface area contributed by atoms with Gasteiger partial charge in [-0.15, -0.1) is 11.3 Å². The van der Waals surface area contributed by atoms with Crippen molar-refractivity contribution in [3.05, 3.63) is 16.8 Å². The Morgan fingerprint density at radius 2 is 1.80 bits per heavy atom. The van der Waals surface area contributed by atoms with Crippen LogP contribution in [0.2, 0.25) is 0 Å². The van der Waals surface area contributed by atoms with E-state index < -0.39 is 0 Å². The first-order valence-corrected chi connectivity index (χ1v) is 8.67. The number of nitrogens with zero attached hydrogens (tertiary/aromatic N) is 3. The SMILES string of the molecule is CCc1nc(N2CCCCCC2)c2cc(CC)sc2n1. The molecule has 108 valence electrons. The van der Waals surface area contributed by atoms with E-state index in [1.54, 1.807) is 0 Å². The standard InChI is InChI=1S/C16H23N3S/c1-3-12-11-13-15(19-9-7-5-6-8-10-19)17-14(4-2)18-16(13)20-12/h11H,3-10H2,1-2H3. The third-order valence-corrected chi connectivity index (χ3v) is 5.21. The van der Waals surface area contributed by atoms with Gasteiger partial charge in [0, 0.05) is 24.4 Å². The second kappa shape index (κ2) is 6.08. The molecule has 3 heterocycles. The minimum atomic E-state index is 0.913. The molecular formula is C16H23N3S. The molecule has 0 unspecified atom stereocenters. The Morgan fingerprint density at radius 3 is 2.45 bits per heavy atom. The van der Waals surface area contributed by atoms with Gasteiger partial charge < -0.3 is 4.90 Å². The van der Waals surface area contributed by atoms with Crippen LogP contribution in [0, 0.1) is 0 Å². The molecule has 0 atom stereocenters. The van der Waals surface area contributed by atoms with Crippen molar-refractivity contribution in [2.45, 2.75) is 52.4 Å². The molecular weight excluding hydrogens is 266 g/mol. The van der Waals surface area contributed by atoms with E-state index in [9.17, 15) is 0 Å². The fourth-order valence-electron chi connectivity index (χ4n) is 2.86. The van der Waals surface area contributed by atoms with Gasteiger partial charge in [-0.3, -0.25) is 0 Å². The molecule has 1 saturated heterocycles. The van der Waals surface area contributed by atoms with Gasteiger partial charge in [0.1, 0.15) is 16.5 Å². The Hall–Kier alpha value is -1.16. The van der Waals surface area contributed by atoms with Crippen LogP contribution >= 0.6 is 11.3 Å². The molecule has 0 saturated carbocycles. The zero-order valence-electron chi connectivity index (χ0n) is 12.5. The molecule has 2 aromatic heterocycles. The number of aromatic nitrogens is 2. The number of thiophene rings is 1. The van der Waals surface area contributed by atoms with Crippen molar-refractivity contribution in [3.8, 4) is 0 Å². The van der Waals surface area contributed by atoms with Crippen LogP contribution in [0.1, 0.15) is 50.2 Å². The van der Waals surface area contributed by atoms with Crippen molar-refractivity contribution in [1.82, 2.24) is 9.97 Å². The number of anilines is 1. The fraction of sp³-hybridized carbons (Fsp3) is 0.625. The van der Waals surface area contributed by atoms with Gasteiger partial charge in [-0.1, -0.05) is 26.7 Å². The predicted molar refractivity (Wildman–Crippen MR) is 86.9 cm³/mol. The van der Waals surface area contributed by atoms with Crippen molar-refractivity contribution in [3.63, 3.8) is 0 Å². The average molecular weight is 289 g/mol. The van der Waals surface area contributed by atoms with Gasteiger partial charge in [-0.2, -0.15) is 0 Å². The van der Waals surface area contributed by atoms with E-state index in [-0.39, 0.29) is 0 Å². The Morgan fingerprint density at radius 1 is 1.05 bits per heavy atom. The smallest absolute Gasteiger partial charge is 0.141 e. The fourth-order valence-corrected chi connectivity index (χ4v) is 3.84. The predicted octanol–water partition coefficient (Wildman–Crippen LogP) is 4.20. The first-order valence-electron chi connectivity index (χ1n) is 7.86. The summed E-state index contributed by atoms with van der Waals surface area (Å²) in [6.07, 6.45) is 7.29. The van der Waals surface area contributed by atoms with Crippen molar-refractivity contribution in [1.29, 1.82) is 0 Å². The number of hydrogen-bond acceptors (Lipinski definition) is 4. The summed E-state index contributed by atoms with van der Waals surface area (Å²) in [7, 11) is 0. The summed E-state index contributed by atoms with van der Waals surface area (Å²) in [5, 5.41) is 1.27. The van der Waals surface area contributed by atoms with Crippen LogP contribution in [-0.2, 0) is 12.8 Å². The van der Waals surface area contributed by atoms with Gasteiger partial charge in [-0.05, 0) is 25.3 Å². The van der Waals surface area contributed by atoms with Crippen LogP contribution in [0.25, 0.3) is 10.2 Å². The summed E-state index contributed by atoms with van der Waals surface area (Å²) < 4.78 is 0. The maximum atomic E-state index is 4.85. The van der Waals surface area contributed by atoms with E-state index in [1.165, 1.54) is 46.6 Å². The van der Waals surface area contributed by atoms with Gasteiger partial charge in [0.05, 0.1) is 5.39 Å². The number of rotatable bonds is 3. The zero-order chi connectivity index (χ0) is 13.9. The summed E-state index contributed by atoms with van der Waals surface area (Å²) in [5.74, 6) is 2.17. The lowest BCUT2D eigenvalue weighted by molar-refractivity contribution is 0.726. The third-order valence-electron chi connectivity index (χ3n) is 4.04. The average Bonchev–Trinajstić information content (AvgIpc) is 2.71. The van der Waals surface area contributed by atoms with Crippen molar-refractivity contribution in [2.24, 2.45) is 0 Å². The normalized spacial score (nSPS) is 16.6. The minimum Gasteiger partial charge on any atom is -0.356 e. The third kappa shape index (κ3) is 2.66. The van der Waals surface area contributed by atoms with Crippen molar-refractivity contribution < 1.29 is 0 Å². The molecule has 4 heteroatoms. The molecule has 1 fully saturated rings. The molecule has 1 aliphatic rings. The monoisotopic (exact) mass is 289 g/mol. The lowest BCUT2D eigenvalue weighted by atomic mass is 10.2. The summed E-state index contributed by atoms with van der Waals surface area (Å²) >= 11 is 1.83. The molecule has 0 radical (unpaired) electrons. The molecule has 0 aromatic carbocycles. The lowest BCUT2D eigenvalue weighted by Crippen LogP contribution is -2.25. The largest absolute Gasteiger partial charge is 0.356 e. The maximum absolute atomic E-state index is 4.85. The molecule has 0 amide bonds. The molecule has 2 aromatic rings. The van der Waals surface area contributed by atoms with Gasteiger partial charge >= 0.3 is 0 Å². The molecule has 3 rings (SSSR count). The number of aryl methyl sites for hydroxylation is 2. The Labute approximate surface area is 125 Å². The van der Waals surface area contributed by atoms with Crippen LogP contribution in [-0.4, -0.2) is 23.1 Å². The molecule has 20 heavy (non-hydrogen) atoms. The van der Waals surface area contributed by atoms with Crippen LogP contribution < -0.4 is 4.90 Å². The highest BCUT2D eigenvalue weighted by molar-refractivity contribution is 7.18. The first kappa shape index (κ1) is 13.8. The highest BCUT2D eigenvalue weighted by Gasteiger charge is 2.17. The summed E-state index contributed by atoms with van der Waals surface area (Å²) in [4.78, 5) is 14.7. The molecule has 0 aliphatic carbocycles. The van der Waals surface area contributed by atoms with Crippen LogP contribution in [0.3, 0.4) is 0 Å². The van der Waals surface area contributed by atoms with E-state index in [1.807, 2.05) is 11.3 Å². The topological polar surface area (TPSA) is 29.0 Å². The first-order chi connectivity index (χ1) is 9.81. The summed E-state index contributed by atoms with van der Waals surface area (Å²) in [5.41, 5.74) is 0. The minimum absolute atomic E-state index is 0.913. The van der Waals surface area contributed by atoms with E-state index in [2.05, 4.69) is 24.8 Å². The maximum Gasteiger partial charge on any atom is 0.141 e. The van der Waals surface area contributed by atoms with Crippen molar-refractivity contribution in [2.75, 3.05) is 18.0 Å². The van der Waals surface area contributed by atoms with Crippen LogP contribution in [0.15, 0.2) is 6.07 Å². The molecule has 0 spiro atoms. The summed E-state index contributed by atoms with van der Waals surface area (Å²) in [6.45, 7) is 6.64. The van der Waals surface area contributed by atoms with Crippen LogP contribution in [0.5, 0.6) is 0 Å². The highest BCUT2D eigenvalue weighted by atomic mass is 32.1. The highest BCUT2D eigenvalue weighted by Crippen LogP contribution is 2.32. The van der Waals surface area contributed by atoms with E-state index in [0.717, 1.165) is 31.8 Å². The van der Waals surface area contributed by atoms with Gasteiger partial charge in [0.2, 0.25) is 0 Å². The quantitative estimate of drug-likeness (QED) is 0.848.